The van der Waals surface area contributed by atoms with Gasteiger partial charge in [-0.1, -0.05) is 29.4 Å². The number of fused-ring (bicyclic) bond motifs is 3. The van der Waals surface area contributed by atoms with Crippen LogP contribution in [0.1, 0.15) is 20.9 Å². The van der Waals surface area contributed by atoms with Crippen LogP contribution in [0.5, 0.6) is 0 Å². The van der Waals surface area contributed by atoms with Crippen LogP contribution in [0, 0.1) is 0 Å². The fourth-order valence-electron chi connectivity index (χ4n) is 3.07. The zero-order valence-electron chi connectivity index (χ0n) is 13.1. The van der Waals surface area contributed by atoms with Crippen molar-refractivity contribution in [3.05, 3.63) is 70.6 Å². The summed E-state index contributed by atoms with van der Waals surface area (Å²) in [6.07, 6.45) is 3.42. The summed E-state index contributed by atoms with van der Waals surface area (Å²) in [5, 5.41) is 6.16. The van der Waals surface area contributed by atoms with Crippen LogP contribution in [0.15, 0.2) is 59.0 Å². The average molecular weight is 336 g/mol. The minimum atomic E-state index is -0.148. The minimum Gasteiger partial charge on any atom is -0.355 e. The van der Waals surface area contributed by atoms with Gasteiger partial charge in [-0.25, -0.2) is 0 Å². The van der Waals surface area contributed by atoms with Crippen LogP contribution in [0.25, 0.3) is 11.3 Å². The molecule has 0 spiro atoms. The van der Waals surface area contributed by atoms with E-state index in [1.165, 1.54) is 4.88 Å². The molecule has 5 heteroatoms. The van der Waals surface area contributed by atoms with Crippen molar-refractivity contribution in [1.29, 1.82) is 0 Å². The van der Waals surface area contributed by atoms with Gasteiger partial charge in [0.1, 0.15) is 0 Å². The number of carbonyl (C=O) groups excluding carboxylic acids is 1. The molecule has 1 aliphatic rings. The molecule has 24 heavy (non-hydrogen) atoms. The van der Waals surface area contributed by atoms with Crippen molar-refractivity contribution in [1.82, 2.24) is 5.16 Å². The van der Waals surface area contributed by atoms with Crippen LogP contribution in [0.4, 0.5) is 5.69 Å². The molecule has 4 nitrogen and oxygen atoms in total. The van der Waals surface area contributed by atoms with Gasteiger partial charge in [0.05, 0.1) is 0 Å². The quantitative estimate of drug-likeness (QED) is 0.666. The van der Waals surface area contributed by atoms with Crippen LogP contribution in [-0.2, 0) is 12.8 Å². The zero-order chi connectivity index (χ0) is 16.5. The number of benzene rings is 1. The Morgan fingerprint density at radius 1 is 1.29 bits per heavy atom. The zero-order valence-corrected chi connectivity index (χ0v) is 13.9. The second kappa shape index (κ2) is 6.09. The third kappa shape index (κ3) is 2.37. The average Bonchev–Trinajstić information content (AvgIpc) is 3.25. The highest BCUT2D eigenvalue weighted by atomic mass is 32.1. The van der Waals surface area contributed by atoms with Crippen LogP contribution in [0.2, 0.25) is 0 Å². The van der Waals surface area contributed by atoms with Gasteiger partial charge in [-0.3, -0.25) is 4.79 Å². The molecule has 1 amide bonds. The number of carbonyl (C=O) groups is 1. The van der Waals surface area contributed by atoms with Crippen molar-refractivity contribution in [3.63, 3.8) is 0 Å². The third-order valence-corrected chi connectivity index (χ3v) is 5.19. The molecular formula is C19H16N2O2S. The Kier molecular flexibility index (Phi) is 3.78. The molecule has 120 valence electrons. The van der Waals surface area contributed by atoms with E-state index in [0.717, 1.165) is 35.4 Å². The highest BCUT2D eigenvalue weighted by molar-refractivity contribution is 7.10. The molecule has 0 saturated heterocycles. The maximum Gasteiger partial charge on any atom is 0.281 e. The number of anilines is 1. The summed E-state index contributed by atoms with van der Waals surface area (Å²) in [4.78, 5) is 16.0. The van der Waals surface area contributed by atoms with Gasteiger partial charge in [0.2, 0.25) is 0 Å². The van der Waals surface area contributed by atoms with Crippen LogP contribution in [-0.4, -0.2) is 17.6 Å². The Bertz CT molecular complexity index is 895. The number of rotatable bonds is 4. The topological polar surface area (TPSA) is 46.3 Å². The van der Waals surface area contributed by atoms with Crippen molar-refractivity contribution in [2.24, 2.45) is 0 Å². The molecule has 4 rings (SSSR count). The van der Waals surface area contributed by atoms with Gasteiger partial charge in [0.25, 0.3) is 5.91 Å². The van der Waals surface area contributed by atoms with E-state index < -0.39 is 0 Å². The van der Waals surface area contributed by atoms with Crippen molar-refractivity contribution in [3.8, 4) is 11.3 Å². The molecule has 1 aromatic carbocycles. The van der Waals surface area contributed by atoms with E-state index in [4.69, 9.17) is 4.52 Å². The maximum atomic E-state index is 13.1. The lowest BCUT2D eigenvalue weighted by atomic mass is 9.95. The number of amides is 1. The van der Waals surface area contributed by atoms with Gasteiger partial charge in [-0.05, 0) is 36.4 Å². The second-order valence-corrected chi connectivity index (χ2v) is 6.64. The largest absolute Gasteiger partial charge is 0.355 e. The summed E-state index contributed by atoms with van der Waals surface area (Å²) < 4.78 is 5.54. The van der Waals surface area contributed by atoms with Crippen LogP contribution < -0.4 is 4.90 Å². The van der Waals surface area contributed by atoms with E-state index >= 15 is 0 Å². The van der Waals surface area contributed by atoms with Crippen molar-refractivity contribution in [2.75, 3.05) is 11.4 Å². The van der Waals surface area contributed by atoms with Gasteiger partial charge >= 0.3 is 0 Å². The monoisotopic (exact) mass is 336 g/mol. The molecule has 1 aliphatic carbocycles. The fraction of sp³-hybridized carbons (Fsp3) is 0.158. The molecule has 0 radical (unpaired) electrons. The first-order chi connectivity index (χ1) is 11.8. The molecule has 0 bridgehead atoms. The van der Waals surface area contributed by atoms with E-state index in [1.807, 2.05) is 36.4 Å². The Morgan fingerprint density at radius 3 is 2.92 bits per heavy atom. The predicted octanol–water partition coefficient (Wildman–Crippen LogP) is 4.33. The lowest BCUT2D eigenvalue weighted by Gasteiger charge is -2.21. The Balaban J connectivity index is 1.74. The smallest absolute Gasteiger partial charge is 0.281 e. The highest BCUT2D eigenvalue weighted by Gasteiger charge is 2.30. The number of hydrogen-bond acceptors (Lipinski definition) is 4. The standard InChI is InChI=1S/C19H16N2O2S/c1-2-11-21(13-6-4-3-5-7-13)19(22)17-15-8-9-16-14(10-12-24-16)18(15)23-20-17/h2-7,10,12H,1,8-9,11H2. The SMILES string of the molecule is C=CCN(C(=O)c1noc2c1CCc1sccc1-2)c1ccccc1. The molecular weight excluding hydrogens is 320 g/mol. The lowest BCUT2D eigenvalue weighted by Crippen LogP contribution is -2.32. The number of nitrogens with zero attached hydrogens (tertiary/aromatic N) is 2. The molecule has 0 aliphatic heterocycles. The molecule has 0 fully saturated rings. The first-order valence-electron chi connectivity index (χ1n) is 7.82. The molecule has 0 unspecified atom stereocenters. The Morgan fingerprint density at radius 2 is 2.12 bits per heavy atom. The van der Waals surface area contributed by atoms with Crippen LogP contribution in [0.3, 0.4) is 0 Å². The summed E-state index contributed by atoms with van der Waals surface area (Å²) >= 11 is 1.72. The van der Waals surface area contributed by atoms with E-state index in [2.05, 4.69) is 17.1 Å². The highest BCUT2D eigenvalue weighted by Crippen LogP contribution is 2.38. The predicted molar refractivity (Wildman–Crippen MR) is 95.5 cm³/mol. The van der Waals surface area contributed by atoms with Crippen molar-refractivity contribution < 1.29 is 9.32 Å². The van der Waals surface area contributed by atoms with Gasteiger partial charge in [-0.2, -0.15) is 0 Å². The number of thiophene rings is 1. The third-order valence-electron chi connectivity index (χ3n) is 4.21. The van der Waals surface area contributed by atoms with Crippen molar-refractivity contribution >= 4 is 22.9 Å². The normalized spacial score (nSPS) is 12.3. The molecule has 2 aromatic heterocycles. The van der Waals surface area contributed by atoms with Gasteiger partial charge in [-0.15, -0.1) is 17.9 Å². The molecule has 2 heterocycles. The molecule has 0 atom stereocenters. The molecule has 0 N–H and O–H groups in total. The number of aryl methyl sites for hydroxylation is 1. The Labute approximate surface area is 144 Å². The second-order valence-electron chi connectivity index (χ2n) is 5.64. The lowest BCUT2D eigenvalue weighted by molar-refractivity contribution is 0.0980. The first-order valence-corrected chi connectivity index (χ1v) is 8.70. The van der Waals surface area contributed by atoms with Crippen molar-refractivity contribution in [2.45, 2.75) is 12.8 Å². The maximum absolute atomic E-state index is 13.1. The fourth-order valence-corrected chi connectivity index (χ4v) is 3.94. The van der Waals surface area contributed by atoms with Gasteiger partial charge < -0.3 is 9.42 Å². The Hall–Kier alpha value is -2.66. The van der Waals surface area contributed by atoms with Gasteiger partial charge in [0, 0.05) is 28.2 Å². The summed E-state index contributed by atoms with van der Waals surface area (Å²) in [5.74, 6) is 0.595. The van der Waals surface area contributed by atoms with E-state index in [0.29, 0.717) is 12.2 Å². The summed E-state index contributed by atoms with van der Waals surface area (Å²) in [6, 6.07) is 11.6. The van der Waals surface area contributed by atoms with Gasteiger partial charge in [0.15, 0.2) is 11.5 Å². The summed E-state index contributed by atoms with van der Waals surface area (Å²) in [7, 11) is 0. The number of para-hydroxylation sites is 1. The van der Waals surface area contributed by atoms with E-state index in [1.54, 1.807) is 22.3 Å². The number of hydrogen-bond donors (Lipinski definition) is 0. The van der Waals surface area contributed by atoms with E-state index in [-0.39, 0.29) is 5.91 Å². The minimum absolute atomic E-state index is 0.148. The summed E-state index contributed by atoms with van der Waals surface area (Å²) in [5.41, 5.74) is 3.22. The first kappa shape index (κ1) is 14.9. The molecule has 3 aromatic rings. The summed E-state index contributed by atoms with van der Waals surface area (Å²) in [6.45, 7) is 4.19. The molecule has 0 saturated carbocycles. The number of aromatic nitrogens is 1. The van der Waals surface area contributed by atoms with E-state index in [9.17, 15) is 4.79 Å². The van der Waals surface area contributed by atoms with Crippen LogP contribution >= 0.6 is 11.3 Å².